The standard InChI is InChI=1S/C29H27ClN4O3S/c1-17-4-11-22(14-18(17)2)31-27(35)16-26-28(36)32-29(38-26)34-25(20-5-9-21(30)10-6-20)15-24(33-34)19-7-12-23(37-3)13-8-19/h4-14,25-26H,15-16H2,1-3H3,(H,31,35). The van der Waals surface area contributed by atoms with Gasteiger partial charge in [0.1, 0.15) is 11.0 Å². The number of amidine groups is 1. The van der Waals surface area contributed by atoms with Gasteiger partial charge in [-0.3, -0.25) is 9.59 Å². The fourth-order valence-corrected chi connectivity index (χ4v) is 5.58. The second-order valence-corrected chi connectivity index (χ2v) is 10.9. The summed E-state index contributed by atoms with van der Waals surface area (Å²) in [6.45, 7) is 4.02. The van der Waals surface area contributed by atoms with Gasteiger partial charge >= 0.3 is 0 Å². The summed E-state index contributed by atoms with van der Waals surface area (Å²) in [4.78, 5) is 29.9. The van der Waals surface area contributed by atoms with E-state index in [0.717, 1.165) is 33.7 Å². The Morgan fingerprint density at radius 1 is 1.08 bits per heavy atom. The van der Waals surface area contributed by atoms with E-state index in [0.29, 0.717) is 22.3 Å². The molecule has 1 N–H and O–H groups in total. The van der Waals surface area contributed by atoms with E-state index in [1.54, 1.807) is 12.1 Å². The van der Waals surface area contributed by atoms with Crippen LogP contribution in [0.1, 0.15) is 41.1 Å². The van der Waals surface area contributed by atoms with Crippen LogP contribution in [0.15, 0.2) is 76.8 Å². The highest BCUT2D eigenvalue weighted by Gasteiger charge is 2.39. The molecule has 2 aliphatic rings. The highest BCUT2D eigenvalue weighted by atomic mass is 35.5. The molecule has 0 saturated heterocycles. The first-order valence-electron chi connectivity index (χ1n) is 12.2. The number of carbonyl (C=O) groups is 2. The molecule has 2 atom stereocenters. The Balaban J connectivity index is 1.34. The number of carbonyl (C=O) groups excluding carboxylic acids is 2. The van der Waals surface area contributed by atoms with Gasteiger partial charge in [0.2, 0.25) is 5.91 Å². The minimum atomic E-state index is -0.609. The molecule has 0 fully saturated rings. The second-order valence-electron chi connectivity index (χ2n) is 9.28. The number of benzene rings is 3. The Bertz CT molecular complexity index is 1440. The number of ether oxygens (including phenoxy) is 1. The zero-order valence-electron chi connectivity index (χ0n) is 21.3. The molecule has 2 amide bonds. The number of thioether (sulfide) groups is 1. The fourth-order valence-electron chi connectivity index (χ4n) is 4.39. The quantitative estimate of drug-likeness (QED) is 0.401. The smallest absolute Gasteiger partial charge is 0.262 e. The molecular formula is C29H27ClN4O3S. The van der Waals surface area contributed by atoms with E-state index >= 15 is 0 Å². The van der Waals surface area contributed by atoms with Crippen molar-refractivity contribution in [3.63, 3.8) is 0 Å². The van der Waals surface area contributed by atoms with E-state index in [-0.39, 0.29) is 24.3 Å². The maximum absolute atomic E-state index is 12.8. The fraction of sp³-hybridized carbons (Fsp3) is 0.241. The Kier molecular flexibility index (Phi) is 7.53. The van der Waals surface area contributed by atoms with Crippen LogP contribution in [-0.4, -0.2) is 40.1 Å². The SMILES string of the molecule is COc1ccc(C2=NN(C3=NC(=O)C(CC(=O)Nc4ccc(C)c(C)c4)S3)C(c3ccc(Cl)cc3)C2)cc1. The van der Waals surface area contributed by atoms with Gasteiger partial charge in [-0.05, 0) is 84.6 Å². The molecule has 0 bridgehead atoms. The topological polar surface area (TPSA) is 83.4 Å². The molecule has 0 aromatic heterocycles. The Morgan fingerprint density at radius 3 is 2.50 bits per heavy atom. The number of anilines is 1. The first-order valence-corrected chi connectivity index (χ1v) is 13.5. The maximum atomic E-state index is 12.8. The maximum Gasteiger partial charge on any atom is 0.262 e. The summed E-state index contributed by atoms with van der Waals surface area (Å²) in [6.07, 6.45) is 0.650. The van der Waals surface area contributed by atoms with Crippen LogP contribution in [0.3, 0.4) is 0 Å². The third-order valence-corrected chi connectivity index (χ3v) is 8.07. The molecule has 0 saturated carbocycles. The summed E-state index contributed by atoms with van der Waals surface area (Å²) in [6, 6.07) is 20.9. The monoisotopic (exact) mass is 546 g/mol. The van der Waals surface area contributed by atoms with Crippen LogP contribution < -0.4 is 10.1 Å². The lowest BCUT2D eigenvalue weighted by Crippen LogP contribution is -2.25. The Hall–Kier alpha value is -3.62. The molecule has 2 heterocycles. The van der Waals surface area contributed by atoms with Crippen molar-refractivity contribution in [1.82, 2.24) is 5.01 Å². The highest BCUT2D eigenvalue weighted by Crippen LogP contribution is 2.39. The number of hydrazone groups is 1. The van der Waals surface area contributed by atoms with Crippen molar-refractivity contribution < 1.29 is 14.3 Å². The number of aliphatic imine (C=N–C) groups is 1. The zero-order valence-corrected chi connectivity index (χ0v) is 22.8. The van der Waals surface area contributed by atoms with Gasteiger partial charge < -0.3 is 10.1 Å². The van der Waals surface area contributed by atoms with Crippen LogP contribution in [0.2, 0.25) is 5.02 Å². The van der Waals surface area contributed by atoms with Crippen LogP contribution in [0, 0.1) is 13.8 Å². The summed E-state index contributed by atoms with van der Waals surface area (Å²) >= 11 is 7.41. The number of nitrogens with one attached hydrogen (secondary N) is 1. The van der Waals surface area contributed by atoms with Gasteiger partial charge in [-0.15, -0.1) is 0 Å². The summed E-state index contributed by atoms with van der Waals surface area (Å²) in [7, 11) is 1.63. The number of hydrogen-bond donors (Lipinski definition) is 1. The van der Waals surface area contributed by atoms with Gasteiger partial charge in [0.15, 0.2) is 5.17 Å². The normalized spacial score (nSPS) is 18.8. The Labute approximate surface area is 230 Å². The molecule has 0 spiro atoms. The number of methoxy groups -OCH3 is 1. The van der Waals surface area contributed by atoms with Gasteiger partial charge in [-0.1, -0.05) is 41.6 Å². The number of aryl methyl sites for hydroxylation is 2. The van der Waals surface area contributed by atoms with Crippen molar-refractivity contribution in [2.45, 2.75) is 38.0 Å². The van der Waals surface area contributed by atoms with Gasteiger partial charge in [0.05, 0.1) is 18.9 Å². The number of rotatable bonds is 6. The van der Waals surface area contributed by atoms with Crippen molar-refractivity contribution in [2.24, 2.45) is 10.1 Å². The minimum absolute atomic E-state index is 0.0257. The third kappa shape index (κ3) is 5.61. The molecule has 2 aliphatic heterocycles. The lowest BCUT2D eigenvalue weighted by atomic mass is 9.98. The number of amides is 2. The molecule has 0 radical (unpaired) electrons. The van der Waals surface area contributed by atoms with E-state index in [1.165, 1.54) is 11.8 Å². The van der Waals surface area contributed by atoms with Crippen molar-refractivity contribution in [1.29, 1.82) is 0 Å². The van der Waals surface area contributed by atoms with E-state index < -0.39 is 5.25 Å². The predicted octanol–water partition coefficient (Wildman–Crippen LogP) is 6.14. The molecule has 3 aromatic rings. The molecular weight excluding hydrogens is 520 g/mol. The van der Waals surface area contributed by atoms with Gasteiger partial charge in [-0.2, -0.15) is 10.1 Å². The highest BCUT2D eigenvalue weighted by molar-refractivity contribution is 8.15. The third-order valence-electron chi connectivity index (χ3n) is 6.67. The lowest BCUT2D eigenvalue weighted by molar-refractivity contribution is -0.121. The van der Waals surface area contributed by atoms with Gasteiger partial charge in [-0.25, -0.2) is 5.01 Å². The van der Waals surface area contributed by atoms with E-state index in [1.807, 2.05) is 80.6 Å². The van der Waals surface area contributed by atoms with E-state index in [2.05, 4.69) is 10.3 Å². The summed E-state index contributed by atoms with van der Waals surface area (Å²) < 4.78 is 5.28. The Morgan fingerprint density at radius 2 is 1.82 bits per heavy atom. The van der Waals surface area contributed by atoms with E-state index in [9.17, 15) is 9.59 Å². The van der Waals surface area contributed by atoms with Crippen molar-refractivity contribution >= 4 is 51.7 Å². The second kappa shape index (κ2) is 11.0. The number of nitrogens with zero attached hydrogens (tertiary/aromatic N) is 3. The molecule has 0 aliphatic carbocycles. The van der Waals surface area contributed by atoms with Crippen molar-refractivity contribution in [3.05, 3.63) is 94.0 Å². The summed E-state index contributed by atoms with van der Waals surface area (Å²) in [5.74, 6) is 0.207. The molecule has 38 heavy (non-hydrogen) atoms. The van der Waals surface area contributed by atoms with Crippen LogP contribution in [0.4, 0.5) is 5.69 Å². The lowest BCUT2D eigenvalue weighted by Gasteiger charge is -2.23. The zero-order chi connectivity index (χ0) is 26.8. The van der Waals surface area contributed by atoms with Crippen LogP contribution in [0.25, 0.3) is 0 Å². The van der Waals surface area contributed by atoms with Crippen molar-refractivity contribution in [2.75, 3.05) is 12.4 Å². The summed E-state index contributed by atoms with van der Waals surface area (Å²) in [5, 5.41) is 10.1. The minimum Gasteiger partial charge on any atom is -0.497 e. The van der Waals surface area contributed by atoms with Gasteiger partial charge in [0, 0.05) is 23.6 Å². The average Bonchev–Trinajstić information content (AvgIpc) is 3.51. The number of halogens is 1. The molecule has 5 rings (SSSR count). The molecule has 194 valence electrons. The van der Waals surface area contributed by atoms with Crippen LogP contribution in [0.5, 0.6) is 5.75 Å². The van der Waals surface area contributed by atoms with Gasteiger partial charge in [0.25, 0.3) is 5.91 Å². The molecule has 3 aromatic carbocycles. The first kappa shape index (κ1) is 26.0. The van der Waals surface area contributed by atoms with Crippen LogP contribution in [-0.2, 0) is 9.59 Å². The summed E-state index contributed by atoms with van der Waals surface area (Å²) in [5.41, 5.74) is 5.80. The average molecular weight is 547 g/mol. The molecule has 9 heteroatoms. The predicted molar refractivity (Wildman–Crippen MR) is 153 cm³/mol. The number of hydrogen-bond acceptors (Lipinski definition) is 6. The molecule has 7 nitrogen and oxygen atoms in total. The first-order chi connectivity index (χ1) is 18.3. The van der Waals surface area contributed by atoms with Crippen LogP contribution >= 0.6 is 23.4 Å². The largest absolute Gasteiger partial charge is 0.497 e. The van der Waals surface area contributed by atoms with Crippen molar-refractivity contribution in [3.8, 4) is 5.75 Å². The van der Waals surface area contributed by atoms with E-state index in [4.69, 9.17) is 21.4 Å². The molecule has 2 unspecified atom stereocenters.